The lowest BCUT2D eigenvalue weighted by molar-refractivity contribution is -0.870. The molecule has 0 radical (unpaired) electrons. The van der Waals surface area contributed by atoms with Crippen molar-refractivity contribution in [1.29, 1.82) is 0 Å². The maximum absolute atomic E-state index is 10.9. The molecule has 0 aromatic heterocycles. The summed E-state index contributed by atoms with van der Waals surface area (Å²) in [7, 11) is 6.15. The van der Waals surface area contributed by atoms with Crippen LogP contribution < -0.4 is 4.70 Å². The summed E-state index contributed by atoms with van der Waals surface area (Å²) in [6.45, 7) is 6.41. The molecule has 0 heterocycles. The number of nitrogens with zero attached hydrogens (tertiary/aromatic N) is 1. The second kappa shape index (κ2) is 5.70. The Hall–Kier alpha value is -0.900. The van der Waals surface area contributed by atoms with Gasteiger partial charge in [0, 0.05) is 5.57 Å². The van der Waals surface area contributed by atoms with E-state index in [0.717, 1.165) is 11.0 Å². The Morgan fingerprint density at radius 3 is 2.15 bits per heavy atom. The van der Waals surface area contributed by atoms with Gasteiger partial charge < -0.3 is 13.9 Å². The standard InChI is InChI=1S/C9H18NO2.FH/c1-8(2)9(11)12-7-6-10(3,4)5;/h1,6-7H2,2-5H3;1H/q+1;/p-1. The lowest BCUT2D eigenvalue weighted by atomic mass is 10.4. The molecule has 0 saturated heterocycles. The molecule has 13 heavy (non-hydrogen) atoms. The third-order valence-corrected chi connectivity index (χ3v) is 1.34. The van der Waals surface area contributed by atoms with Gasteiger partial charge in [0.2, 0.25) is 0 Å². The van der Waals surface area contributed by atoms with Crippen molar-refractivity contribution in [3.8, 4) is 0 Å². The van der Waals surface area contributed by atoms with Gasteiger partial charge in [0.05, 0.1) is 21.1 Å². The minimum Gasteiger partial charge on any atom is -1.00 e. The fourth-order valence-electron chi connectivity index (χ4n) is 0.535. The number of hydrogen-bond acceptors (Lipinski definition) is 2. The Labute approximate surface area is 78.9 Å². The number of quaternary nitrogens is 1. The van der Waals surface area contributed by atoms with Gasteiger partial charge in [-0.3, -0.25) is 0 Å². The Balaban J connectivity index is 0. The molecule has 0 aliphatic carbocycles. The first-order chi connectivity index (χ1) is 5.33. The van der Waals surface area contributed by atoms with Crippen molar-refractivity contribution in [3.63, 3.8) is 0 Å². The average molecular weight is 191 g/mol. The summed E-state index contributed by atoms with van der Waals surface area (Å²) in [5.41, 5.74) is 0.455. The van der Waals surface area contributed by atoms with Crippen LogP contribution >= 0.6 is 0 Å². The largest absolute Gasteiger partial charge is 1.00 e. The van der Waals surface area contributed by atoms with Crippen LogP contribution in [0.3, 0.4) is 0 Å². The van der Waals surface area contributed by atoms with Gasteiger partial charge in [-0.1, -0.05) is 6.58 Å². The monoisotopic (exact) mass is 191 g/mol. The summed E-state index contributed by atoms with van der Waals surface area (Å²) in [4.78, 5) is 10.9. The van der Waals surface area contributed by atoms with Crippen LogP contribution in [0.2, 0.25) is 0 Å². The van der Waals surface area contributed by atoms with Crippen LogP contribution in [0, 0.1) is 0 Å². The van der Waals surface area contributed by atoms with Crippen molar-refractivity contribution in [2.45, 2.75) is 6.92 Å². The molecule has 0 aromatic carbocycles. The first kappa shape index (κ1) is 14.6. The van der Waals surface area contributed by atoms with Crippen molar-refractivity contribution in [1.82, 2.24) is 0 Å². The Kier molecular flexibility index (Phi) is 6.40. The molecule has 0 unspecified atom stereocenters. The highest BCUT2D eigenvalue weighted by molar-refractivity contribution is 5.86. The maximum atomic E-state index is 10.9. The van der Waals surface area contributed by atoms with Gasteiger partial charge in [-0.05, 0) is 6.92 Å². The summed E-state index contributed by atoms with van der Waals surface area (Å²) in [5, 5.41) is 0. The molecule has 0 N–H and O–H groups in total. The van der Waals surface area contributed by atoms with Crippen molar-refractivity contribution in [2.24, 2.45) is 0 Å². The lowest BCUT2D eigenvalue weighted by Crippen LogP contribution is -3.00. The summed E-state index contributed by atoms with van der Waals surface area (Å²) in [6, 6.07) is 0. The summed E-state index contributed by atoms with van der Waals surface area (Å²) in [6.07, 6.45) is 0. The molecule has 0 atom stereocenters. The summed E-state index contributed by atoms with van der Waals surface area (Å²) >= 11 is 0. The van der Waals surface area contributed by atoms with E-state index < -0.39 is 0 Å². The predicted molar refractivity (Wildman–Crippen MR) is 48.7 cm³/mol. The number of ether oxygens (including phenoxy) is 1. The smallest absolute Gasteiger partial charge is 0.333 e. The Morgan fingerprint density at radius 1 is 1.38 bits per heavy atom. The zero-order valence-electron chi connectivity index (χ0n) is 8.76. The van der Waals surface area contributed by atoms with Gasteiger partial charge in [0.1, 0.15) is 13.2 Å². The molecule has 0 bridgehead atoms. The van der Waals surface area contributed by atoms with E-state index in [-0.39, 0.29) is 10.7 Å². The zero-order valence-corrected chi connectivity index (χ0v) is 8.76. The number of rotatable bonds is 4. The second-order valence-electron chi connectivity index (χ2n) is 3.93. The number of likely N-dealkylation sites (N-methyl/N-ethyl adjacent to an activating group) is 1. The third kappa shape index (κ3) is 9.01. The number of hydrogen-bond donors (Lipinski definition) is 0. The SMILES string of the molecule is C=C(C)C(=O)OCC[N+](C)(C)C.[F-]. The molecule has 0 amide bonds. The minimum atomic E-state index is -0.302. The van der Waals surface area contributed by atoms with Gasteiger partial charge in [0.25, 0.3) is 0 Å². The molecule has 0 fully saturated rings. The predicted octanol–water partition coefficient (Wildman–Crippen LogP) is -2.18. The first-order valence-electron chi connectivity index (χ1n) is 3.96. The van der Waals surface area contributed by atoms with Crippen LogP contribution in [0.1, 0.15) is 6.92 Å². The molecule has 0 aliphatic heterocycles. The van der Waals surface area contributed by atoms with E-state index in [1.807, 2.05) is 0 Å². The van der Waals surface area contributed by atoms with E-state index >= 15 is 0 Å². The Bertz CT molecular complexity index is 185. The van der Waals surface area contributed by atoms with Crippen molar-refractivity contribution in [3.05, 3.63) is 12.2 Å². The first-order valence-corrected chi connectivity index (χ1v) is 3.96. The van der Waals surface area contributed by atoms with Crippen molar-refractivity contribution in [2.75, 3.05) is 34.3 Å². The van der Waals surface area contributed by atoms with Gasteiger partial charge >= 0.3 is 5.97 Å². The fraction of sp³-hybridized carbons (Fsp3) is 0.667. The fourth-order valence-corrected chi connectivity index (χ4v) is 0.535. The molecular weight excluding hydrogens is 173 g/mol. The molecule has 0 rings (SSSR count). The Morgan fingerprint density at radius 2 is 1.85 bits per heavy atom. The topological polar surface area (TPSA) is 26.3 Å². The molecule has 4 heteroatoms. The van der Waals surface area contributed by atoms with E-state index in [1.165, 1.54) is 0 Å². The van der Waals surface area contributed by atoms with E-state index in [9.17, 15) is 4.79 Å². The minimum absolute atomic E-state index is 0. The molecular formula is C9H18FNO2. The quantitative estimate of drug-likeness (QED) is 0.287. The normalized spacial score (nSPS) is 10.2. The van der Waals surface area contributed by atoms with Gasteiger partial charge in [-0.2, -0.15) is 0 Å². The highest BCUT2D eigenvalue weighted by Gasteiger charge is 2.09. The summed E-state index contributed by atoms with van der Waals surface area (Å²) < 4.78 is 5.72. The second-order valence-corrected chi connectivity index (χ2v) is 3.93. The highest BCUT2D eigenvalue weighted by atomic mass is 19.0. The van der Waals surface area contributed by atoms with Gasteiger partial charge in [-0.15, -0.1) is 0 Å². The molecule has 0 saturated carbocycles. The zero-order chi connectivity index (χ0) is 9.78. The molecule has 78 valence electrons. The highest BCUT2D eigenvalue weighted by Crippen LogP contribution is 1.94. The molecule has 0 spiro atoms. The maximum Gasteiger partial charge on any atom is 0.333 e. The van der Waals surface area contributed by atoms with E-state index in [2.05, 4.69) is 27.7 Å². The lowest BCUT2D eigenvalue weighted by Gasteiger charge is -2.23. The average Bonchev–Trinajstić information content (AvgIpc) is 1.84. The molecule has 0 aromatic rings. The van der Waals surface area contributed by atoms with Gasteiger partial charge in [0.15, 0.2) is 0 Å². The van der Waals surface area contributed by atoms with Crippen LogP contribution in [0.15, 0.2) is 12.2 Å². The van der Waals surface area contributed by atoms with Crippen LogP contribution in [0.5, 0.6) is 0 Å². The number of esters is 1. The van der Waals surface area contributed by atoms with Crippen LogP contribution in [0.4, 0.5) is 0 Å². The van der Waals surface area contributed by atoms with Crippen molar-refractivity contribution >= 4 is 5.97 Å². The summed E-state index contributed by atoms with van der Waals surface area (Å²) in [5.74, 6) is -0.302. The van der Waals surface area contributed by atoms with E-state index in [4.69, 9.17) is 4.74 Å². The van der Waals surface area contributed by atoms with Crippen molar-refractivity contribution < 1.29 is 18.7 Å². The van der Waals surface area contributed by atoms with E-state index in [1.54, 1.807) is 6.92 Å². The van der Waals surface area contributed by atoms with Crippen LogP contribution in [-0.4, -0.2) is 44.7 Å². The third-order valence-electron chi connectivity index (χ3n) is 1.34. The number of carbonyl (C=O) groups excluding carboxylic acids is 1. The van der Waals surface area contributed by atoms with Gasteiger partial charge in [-0.25, -0.2) is 4.79 Å². The number of halogens is 1. The number of carbonyl (C=O) groups is 1. The van der Waals surface area contributed by atoms with Crippen LogP contribution in [0.25, 0.3) is 0 Å². The van der Waals surface area contributed by atoms with E-state index in [0.29, 0.717) is 12.2 Å². The molecule has 0 aliphatic rings. The molecule has 3 nitrogen and oxygen atoms in total. The van der Waals surface area contributed by atoms with Crippen LogP contribution in [-0.2, 0) is 9.53 Å².